The molecular formula is C26H29F5N4O3. The monoisotopic (exact) mass is 540 g/mol. The van der Waals surface area contributed by atoms with Crippen LogP contribution in [-0.4, -0.2) is 90.2 Å². The summed E-state index contributed by atoms with van der Waals surface area (Å²) >= 11 is 0. The van der Waals surface area contributed by atoms with E-state index in [1.807, 2.05) is 0 Å². The van der Waals surface area contributed by atoms with Crippen LogP contribution in [0.4, 0.5) is 27.6 Å². The molecular weight excluding hydrogens is 511 g/mol. The van der Waals surface area contributed by atoms with E-state index < -0.39 is 46.4 Å². The van der Waals surface area contributed by atoms with Crippen LogP contribution in [0.2, 0.25) is 0 Å². The highest BCUT2D eigenvalue weighted by Crippen LogP contribution is 2.41. The molecule has 0 bridgehead atoms. The molecule has 2 heterocycles. The molecule has 7 nitrogen and oxygen atoms in total. The number of nitrogens with zero attached hydrogens (tertiary/aromatic N) is 3. The van der Waals surface area contributed by atoms with Crippen LogP contribution in [0, 0.1) is 11.6 Å². The van der Waals surface area contributed by atoms with Crippen molar-refractivity contribution in [3.8, 4) is 0 Å². The highest BCUT2D eigenvalue weighted by molar-refractivity contribution is 5.94. The van der Waals surface area contributed by atoms with E-state index in [9.17, 15) is 36.6 Å². The molecule has 0 spiro atoms. The van der Waals surface area contributed by atoms with Gasteiger partial charge in [0.25, 0.3) is 17.4 Å². The summed E-state index contributed by atoms with van der Waals surface area (Å²) in [6.07, 6.45) is -4.34. The van der Waals surface area contributed by atoms with Crippen molar-refractivity contribution < 1.29 is 36.6 Å². The van der Waals surface area contributed by atoms with Crippen molar-refractivity contribution in [2.24, 2.45) is 0 Å². The molecule has 2 aromatic rings. The van der Waals surface area contributed by atoms with Crippen molar-refractivity contribution in [3.05, 3.63) is 65.2 Å². The normalized spacial score (nSPS) is 19.0. The predicted molar refractivity (Wildman–Crippen MR) is 129 cm³/mol. The molecule has 4 rings (SSSR count). The van der Waals surface area contributed by atoms with Crippen LogP contribution < -0.4 is 5.32 Å². The Kier molecular flexibility index (Phi) is 7.67. The van der Waals surface area contributed by atoms with E-state index in [0.717, 1.165) is 34.1 Å². The second-order valence-electron chi connectivity index (χ2n) is 9.91. The first-order valence-electron chi connectivity index (χ1n) is 12.2. The van der Waals surface area contributed by atoms with Crippen molar-refractivity contribution in [1.29, 1.82) is 0 Å². The van der Waals surface area contributed by atoms with Gasteiger partial charge in [0.05, 0.1) is 6.04 Å². The van der Waals surface area contributed by atoms with Gasteiger partial charge in [0, 0.05) is 57.6 Å². The van der Waals surface area contributed by atoms with Gasteiger partial charge in [0.15, 0.2) is 0 Å². The molecule has 2 fully saturated rings. The van der Waals surface area contributed by atoms with E-state index in [1.54, 1.807) is 0 Å². The number of carbonyl (C=O) groups excluding carboxylic acids is 2. The van der Waals surface area contributed by atoms with Crippen LogP contribution in [0.25, 0.3) is 0 Å². The summed E-state index contributed by atoms with van der Waals surface area (Å²) in [7, 11) is 2.80. The number of benzene rings is 2. The van der Waals surface area contributed by atoms with Crippen LogP contribution in [0.1, 0.15) is 28.8 Å². The standard InChI is InChI=1S/C26H29F5N4O3/c1-33(2)23(36)22-20(27)12-17(13-21(22)28)32-18-14-35(15-18)19-8-10-34(11-9-19)24(37)25(38,26(29,30)31)16-6-4-3-5-7-16/h3-7,12-13,18-19,32,38H,8-11,14-15H2,1-2H3. The largest absolute Gasteiger partial charge is 0.430 e. The zero-order chi connectivity index (χ0) is 27.8. The third-order valence-corrected chi connectivity index (χ3v) is 7.12. The number of aliphatic hydroxyl groups is 1. The van der Waals surface area contributed by atoms with Gasteiger partial charge in [-0.15, -0.1) is 0 Å². The van der Waals surface area contributed by atoms with E-state index >= 15 is 0 Å². The number of hydrogen-bond donors (Lipinski definition) is 2. The van der Waals surface area contributed by atoms with Crippen molar-refractivity contribution in [2.75, 3.05) is 45.6 Å². The fourth-order valence-electron chi connectivity index (χ4n) is 4.97. The van der Waals surface area contributed by atoms with Crippen LogP contribution in [-0.2, 0) is 10.4 Å². The average molecular weight is 541 g/mol. The number of piperidine rings is 1. The quantitative estimate of drug-likeness (QED) is 0.551. The molecule has 206 valence electrons. The lowest BCUT2D eigenvalue weighted by Gasteiger charge is -2.48. The number of amides is 2. The number of hydrogen-bond acceptors (Lipinski definition) is 5. The number of alkyl halides is 3. The van der Waals surface area contributed by atoms with Gasteiger partial charge in [0.1, 0.15) is 17.2 Å². The zero-order valence-corrected chi connectivity index (χ0v) is 20.9. The molecule has 38 heavy (non-hydrogen) atoms. The Morgan fingerprint density at radius 2 is 1.55 bits per heavy atom. The van der Waals surface area contributed by atoms with Gasteiger partial charge in [0.2, 0.25) is 0 Å². The molecule has 0 radical (unpaired) electrons. The lowest BCUT2D eigenvalue weighted by molar-refractivity contribution is -0.262. The molecule has 1 unspecified atom stereocenters. The van der Waals surface area contributed by atoms with E-state index in [4.69, 9.17) is 0 Å². The van der Waals surface area contributed by atoms with E-state index in [-0.39, 0.29) is 30.9 Å². The van der Waals surface area contributed by atoms with Gasteiger partial charge in [-0.2, -0.15) is 13.2 Å². The fourth-order valence-corrected chi connectivity index (χ4v) is 4.97. The first kappa shape index (κ1) is 27.8. The molecule has 2 aliphatic heterocycles. The van der Waals surface area contributed by atoms with Crippen LogP contribution in [0.5, 0.6) is 0 Å². The minimum atomic E-state index is -5.18. The van der Waals surface area contributed by atoms with Crippen LogP contribution in [0.3, 0.4) is 0 Å². The Bertz CT molecular complexity index is 1160. The van der Waals surface area contributed by atoms with E-state index in [1.165, 1.54) is 32.3 Å². The maximum absolute atomic E-state index is 14.4. The molecule has 2 amide bonds. The van der Waals surface area contributed by atoms with Gasteiger partial charge in [-0.3, -0.25) is 14.5 Å². The Balaban J connectivity index is 1.32. The molecule has 12 heteroatoms. The first-order chi connectivity index (χ1) is 17.8. The minimum Gasteiger partial charge on any atom is -0.380 e. The van der Waals surface area contributed by atoms with Crippen LogP contribution in [0.15, 0.2) is 42.5 Å². The number of anilines is 1. The third-order valence-electron chi connectivity index (χ3n) is 7.12. The highest BCUT2D eigenvalue weighted by atomic mass is 19.4. The predicted octanol–water partition coefficient (Wildman–Crippen LogP) is 3.20. The Hall–Kier alpha value is -3.25. The van der Waals surface area contributed by atoms with Crippen LogP contribution >= 0.6 is 0 Å². The molecule has 0 aromatic heterocycles. The Morgan fingerprint density at radius 1 is 1.00 bits per heavy atom. The summed E-state index contributed by atoms with van der Waals surface area (Å²) in [5, 5.41) is 13.6. The molecule has 0 saturated carbocycles. The van der Waals surface area contributed by atoms with Crippen molar-refractivity contribution in [2.45, 2.75) is 36.7 Å². The van der Waals surface area contributed by atoms with Crippen molar-refractivity contribution >= 4 is 17.5 Å². The molecule has 2 aliphatic rings. The number of carbonyl (C=O) groups is 2. The minimum absolute atomic E-state index is 0.0152. The van der Waals surface area contributed by atoms with Gasteiger partial charge >= 0.3 is 6.18 Å². The van der Waals surface area contributed by atoms with Gasteiger partial charge in [-0.1, -0.05) is 30.3 Å². The number of nitrogens with one attached hydrogen (secondary N) is 1. The Morgan fingerprint density at radius 3 is 2.05 bits per heavy atom. The fraction of sp³-hybridized carbons (Fsp3) is 0.462. The SMILES string of the molecule is CN(C)C(=O)c1c(F)cc(NC2CN(C3CCN(C(=O)C(O)(c4ccccc4)C(F)(F)F)CC3)C2)cc1F. The smallest absolute Gasteiger partial charge is 0.380 e. The maximum atomic E-state index is 14.4. The molecule has 2 saturated heterocycles. The molecule has 0 aliphatic carbocycles. The van der Waals surface area contributed by atoms with Gasteiger partial charge in [-0.05, 0) is 25.0 Å². The summed E-state index contributed by atoms with van der Waals surface area (Å²) in [5.41, 5.74) is -4.57. The summed E-state index contributed by atoms with van der Waals surface area (Å²) in [5.74, 6) is -4.09. The van der Waals surface area contributed by atoms with Crippen molar-refractivity contribution in [3.63, 3.8) is 0 Å². The number of halogens is 5. The highest BCUT2D eigenvalue weighted by Gasteiger charge is 2.62. The average Bonchev–Trinajstić information content (AvgIpc) is 2.84. The number of rotatable bonds is 6. The molecule has 2 aromatic carbocycles. The van der Waals surface area contributed by atoms with Gasteiger partial charge < -0.3 is 20.2 Å². The lowest BCUT2D eigenvalue weighted by atomic mass is 9.89. The number of likely N-dealkylation sites (tertiary alicyclic amines) is 2. The second kappa shape index (κ2) is 10.5. The summed E-state index contributed by atoms with van der Waals surface area (Å²) in [6, 6.07) is 8.37. The Labute approximate surface area is 216 Å². The lowest BCUT2D eigenvalue weighted by Crippen LogP contribution is -2.62. The van der Waals surface area contributed by atoms with Gasteiger partial charge in [-0.25, -0.2) is 8.78 Å². The molecule has 1 atom stereocenters. The zero-order valence-electron chi connectivity index (χ0n) is 20.9. The summed E-state index contributed by atoms with van der Waals surface area (Å²) < 4.78 is 70.3. The summed E-state index contributed by atoms with van der Waals surface area (Å²) in [6.45, 7) is 1.19. The second-order valence-corrected chi connectivity index (χ2v) is 9.91. The third kappa shape index (κ3) is 5.19. The summed E-state index contributed by atoms with van der Waals surface area (Å²) in [4.78, 5) is 29.1. The first-order valence-corrected chi connectivity index (χ1v) is 12.2. The topological polar surface area (TPSA) is 76.1 Å². The van der Waals surface area contributed by atoms with E-state index in [0.29, 0.717) is 25.9 Å². The van der Waals surface area contributed by atoms with E-state index in [2.05, 4.69) is 10.2 Å². The van der Waals surface area contributed by atoms with Crippen molar-refractivity contribution in [1.82, 2.24) is 14.7 Å². The molecule has 2 N–H and O–H groups in total. The maximum Gasteiger partial charge on any atom is 0.430 e.